The summed E-state index contributed by atoms with van der Waals surface area (Å²) in [6.07, 6.45) is -2.03. The van der Waals surface area contributed by atoms with Gasteiger partial charge >= 0.3 is 6.18 Å². The Bertz CT molecular complexity index is 431. The summed E-state index contributed by atoms with van der Waals surface area (Å²) in [5.41, 5.74) is 0.131. The second-order valence-electron chi connectivity index (χ2n) is 4.77. The van der Waals surface area contributed by atoms with E-state index in [1.54, 1.807) is 0 Å². The number of hydrogen-bond donors (Lipinski definition) is 0. The zero-order chi connectivity index (χ0) is 13.3. The molecule has 1 heterocycles. The predicted octanol–water partition coefficient (Wildman–Crippen LogP) is 4.45. The van der Waals surface area contributed by atoms with Crippen LogP contribution in [0, 0.1) is 0 Å². The summed E-state index contributed by atoms with van der Waals surface area (Å²) in [4.78, 5) is 2.22. The first-order chi connectivity index (χ1) is 8.38. The van der Waals surface area contributed by atoms with Crippen LogP contribution in [0.4, 0.5) is 13.2 Å². The summed E-state index contributed by atoms with van der Waals surface area (Å²) in [6.45, 7) is 3.66. The molecule has 1 aliphatic rings. The fourth-order valence-corrected chi connectivity index (χ4v) is 2.69. The molecule has 1 aliphatic heterocycles. The van der Waals surface area contributed by atoms with Crippen molar-refractivity contribution >= 4 is 15.9 Å². The molecule has 5 heteroatoms. The Morgan fingerprint density at radius 2 is 2.11 bits per heavy atom. The summed E-state index contributed by atoms with van der Waals surface area (Å²) < 4.78 is 38.7. The second kappa shape index (κ2) is 5.21. The number of halogens is 4. The van der Waals surface area contributed by atoms with Crippen LogP contribution in [-0.4, -0.2) is 17.5 Å². The molecule has 2 rings (SSSR count). The molecule has 1 aromatic carbocycles. The summed E-state index contributed by atoms with van der Waals surface area (Å²) in [5.74, 6) is 0. The maximum absolute atomic E-state index is 12.7. The standard InChI is InChI=1S/C13H15BrF3N/c1-9-3-2-6-18(9)8-10-7-11(13(15,16)17)4-5-12(10)14/h4-5,7,9H,2-3,6,8H2,1H3/t9-/m0/s1. The van der Waals surface area contributed by atoms with Crippen molar-refractivity contribution in [3.05, 3.63) is 33.8 Å². The van der Waals surface area contributed by atoms with Crippen LogP contribution in [-0.2, 0) is 12.7 Å². The van der Waals surface area contributed by atoms with Crippen molar-refractivity contribution in [2.45, 2.75) is 38.5 Å². The van der Waals surface area contributed by atoms with Gasteiger partial charge in [0.15, 0.2) is 0 Å². The van der Waals surface area contributed by atoms with E-state index >= 15 is 0 Å². The first-order valence-electron chi connectivity index (χ1n) is 5.97. The Morgan fingerprint density at radius 3 is 2.67 bits per heavy atom. The molecule has 0 aromatic heterocycles. The lowest BCUT2D eigenvalue weighted by Crippen LogP contribution is -2.26. The van der Waals surface area contributed by atoms with Crippen molar-refractivity contribution in [2.24, 2.45) is 0 Å². The number of likely N-dealkylation sites (tertiary alicyclic amines) is 1. The molecule has 1 atom stereocenters. The Labute approximate surface area is 113 Å². The molecule has 1 saturated heterocycles. The first kappa shape index (κ1) is 13.9. The molecule has 1 aromatic rings. The van der Waals surface area contributed by atoms with Crippen LogP contribution in [0.2, 0.25) is 0 Å². The van der Waals surface area contributed by atoms with E-state index in [1.165, 1.54) is 12.1 Å². The molecule has 0 unspecified atom stereocenters. The van der Waals surface area contributed by atoms with Gasteiger partial charge in [-0.15, -0.1) is 0 Å². The minimum absolute atomic E-state index is 0.450. The van der Waals surface area contributed by atoms with Gasteiger partial charge < -0.3 is 0 Å². The van der Waals surface area contributed by atoms with Crippen LogP contribution in [0.25, 0.3) is 0 Å². The predicted molar refractivity (Wildman–Crippen MR) is 68.3 cm³/mol. The van der Waals surface area contributed by atoms with Gasteiger partial charge in [0.2, 0.25) is 0 Å². The number of alkyl halides is 3. The van der Waals surface area contributed by atoms with Gasteiger partial charge in [-0.25, -0.2) is 0 Å². The fourth-order valence-electron chi connectivity index (χ4n) is 2.32. The summed E-state index contributed by atoms with van der Waals surface area (Å²) >= 11 is 3.33. The third-order valence-corrected chi connectivity index (χ3v) is 4.21. The van der Waals surface area contributed by atoms with Crippen molar-refractivity contribution < 1.29 is 13.2 Å². The van der Waals surface area contributed by atoms with Crippen LogP contribution in [0.15, 0.2) is 22.7 Å². The van der Waals surface area contributed by atoms with E-state index in [0.717, 1.165) is 29.9 Å². The Kier molecular flexibility index (Phi) is 4.02. The highest BCUT2D eigenvalue weighted by molar-refractivity contribution is 9.10. The Hall–Kier alpha value is -0.550. The van der Waals surface area contributed by atoms with Crippen molar-refractivity contribution in [1.29, 1.82) is 0 Å². The quantitative estimate of drug-likeness (QED) is 0.777. The minimum Gasteiger partial charge on any atom is -0.296 e. The lowest BCUT2D eigenvalue weighted by atomic mass is 10.1. The van der Waals surface area contributed by atoms with Crippen LogP contribution in [0.5, 0.6) is 0 Å². The molecule has 0 N–H and O–H groups in total. The number of hydrogen-bond acceptors (Lipinski definition) is 1. The van der Waals surface area contributed by atoms with Crippen molar-refractivity contribution in [3.63, 3.8) is 0 Å². The van der Waals surface area contributed by atoms with E-state index in [0.29, 0.717) is 18.2 Å². The third-order valence-electron chi connectivity index (χ3n) is 3.44. The van der Waals surface area contributed by atoms with Crippen LogP contribution < -0.4 is 0 Å². The maximum atomic E-state index is 12.7. The van der Waals surface area contributed by atoms with Gasteiger partial charge in [0.05, 0.1) is 5.56 Å². The highest BCUT2D eigenvalue weighted by Gasteiger charge is 2.31. The number of rotatable bonds is 2. The molecule has 0 spiro atoms. The topological polar surface area (TPSA) is 3.24 Å². The molecular formula is C13H15BrF3N. The molecule has 18 heavy (non-hydrogen) atoms. The normalized spacial score (nSPS) is 21.5. The number of nitrogens with zero attached hydrogens (tertiary/aromatic N) is 1. The molecule has 0 saturated carbocycles. The summed E-state index contributed by atoms with van der Waals surface area (Å²) in [7, 11) is 0. The molecule has 100 valence electrons. The Balaban J connectivity index is 2.21. The largest absolute Gasteiger partial charge is 0.416 e. The van der Waals surface area contributed by atoms with Crippen LogP contribution in [0.3, 0.4) is 0 Å². The molecule has 0 aliphatic carbocycles. The van der Waals surface area contributed by atoms with Gasteiger partial charge in [0, 0.05) is 17.1 Å². The van der Waals surface area contributed by atoms with Gasteiger partial charge in [-0.05, 0) is 50.1 Å². The number of benzene rings is 1. The fraction of sp³-hybridized carbons (Fsp3) is 0.538. The van der Waals surface area contributed by atoms with E-state index in [9.17, 15) is 13.2 Å². The van der Waals surface area contributed by atoms with Crippen LogP contribution in [0.1, 0.15) is 30.9 Å². The summed E-state index contributed by atoms with van der Waals surface area (Å²) in [6, 6.07) is 4.29. The Morgan fingerprint density at radius 1 is 1.39 bits per heavy atom. The van der Waals surface area contributed by atoms with Gasteiger partial charge in [0.1, 0.15) is 0 Å². The highest BCUT2D eigenvalue weighted by Crippen LogP contribution is 2.33. The smallest absolute Gasteiger partial charge is 0.296 e. The maximum Gasteiger partial charge on any atom is 0.416 e. The molecule has 0 amide bonds. The van der Waals surface area contributed by atoms with Gasteiger partial charge in [-0.1, -0.05) is 15.9 Å². The average molecular weight is 322 g/mol. The molecule has 1 fully saturated rings. The van der Waals surface area contributed by atoms with E-state index in [2.05, 4.69) is 27.8 Å². The third kappa shape index (κ3) is 3.06. The lowest BCUT2D eigenvalue weighted by Gasteiger charge is -2.22. The first-order valence-corrected chi connectivity index (χ1v) is 6.77. The average Bonchev–Trinajstić information content (AvgIpc) is 2.66. The monoisotopic (exact) mass is 321 g/mol. The minimum atomic E-state index is -4.27. The highest BCUT2D eigenvalue weighted by atomic mass is 79.9. The summed E-state index contributed by atoms with van der Waals surface area (Å²) in [5, 5.41) is 0. The molecule has 0 radical (unpaired) electrons. The molecule has 0 bridgehead atoms. The van der Waals surface area contributed by atoms with Gasteiger partial charge in [-0.2, -0.15) is 13.2 Å². The van der Waals surface area contributed by atoms with Crippen molar-refractivity contribution in [2.75, 3.05) is 6.54 Å². The van der Waals surface area contributed by atoms with Gasteiger partial charge in [-0.3, -0.25) is 4.90 Å². The molecule has 1 nitrogen and oxygen atoms in total. The van der Waals surface area contributed by atoms with E-state index in [1.807, 2.05) is 0 Å². The molecular weight excluding hydrogens is 307 g/mol. The van der Waals surface area contributed by atoms with Crippen LogP contribution >= 0.6 is 15.9 Å². The SMILES string of the molecule is C[C@H]1CCCN1Cc1cc(C(F)(F)F)ccc1Br. The zero-order valence-electron chi connectivity index (χ0n) is 10.1. The van der Waals surface area contributed by atoms with E-state index in [-0.39, 0.29) is 0 Å². The van der Waals surface area contributed by atoms with E-state index < -0.39 is 11.7 Å². The second-order valence-corrected chi connectivity index (χ2v) is 5.62. The zero-order valence-corrected chi connectivity index (χ0v) is 11.7. The lowest BCUT2D eigenvalue weighted by molar-refractivity contribution is -0.137. The van der Waals surface area contributed by atoms with E-state index in [4.69, 9.17) is 0 Å². The van der Waals surface area contributed by atoms with Crippen molar-refractivity contribution in [1.82, 2.24) is 4.90 Å². The van der Waals surface area contributed by atoms with Gasteiger partial charge in [0.25, 0.3) is 0 Å². The van der Waals surface area contributed by atoms with Crippen molar-refractivity contribution in [3.8, 4) is 0 Å².